The molecular formula is C41H40BrN7O5. The number of H-pyrrole nitrogens is 1. The molecule has 8 N–H and O–H groups in total. The fraction of sp³-hybridized carbons (Fsp3) is 0.171. The number of fused-ring (bicyclic) bond motifs is 2. The monoisotopic (exact) mass is 789 g/mol. The summed E-state index contributed by atoms with van der Waals surface area (Å²) in [6.07, 6.45) is 2.03. The van der Waals surface area contributed by atoms with Crippen molar-refractivity contribution in [1.29, 1.82) is 5.41 Å². The second-order valence-electron chi connectivity index (χ2n) is 12.5. The van der Waals surface area contributed by atoms with E-state index in [1.807, 2.05) is 72.9 Å². The van der Waals surface area contributed by atoms with Crippen molar-refractivity contribution in [3.8, 4) is 22.6 Å². The van der Waals surface area contributed by atoms with Gasteiger partial charge in [0, 0.05) is 75.9 Å². The Labute approximate surface area is 320 Å². The number of nitrogens with one attached hydrogen (secondary N) is 6. The Kier molecular flexibility index (Phi) is 11.8. The van der Waals surface area contributed by atoms with E-state index >= 15 is 0 Å². The van der Waals surface area contributed by atoms with Gasteiger partial charge in [0.05, 0.1) is 14.2 Å². The van der Waals surface area contributed by atoms with Crippen LogP contribution in [0, 0.1) is 5.41 Å². The smallest absolute Gasteiger partial charge is 0.252 e. The van der Waals surface area contributed by atoms with Crippen molar-refractivity contribution in [1.82, 2.24) is 26.3 Å². The summed E-state index contributed by atoms with van der Waals surface area (Å²) in [7, 11) is 3.15. The van der Waals surface area contributed by atoms with Crippen molar-refractivity contribution >= 4 is 61.3 Å². The molecule has 6 rings (SSSR count). The molecule has 1 heterocycles. The molecule has 0 fully saturated rings. The van der Waals surface area contributed by atoms with Gasteiger partial charge < -0.3 is 41.5 Å². The summed E-state index contributed by atoms with van der Waals surface area (Å²) in [5.74, 6) is -0.177. The number of rotatable bonds is 14. The predicted molar refractivity (Wildman–Crippen MR) is 214 cm³/mol. The molecule has 12 nitrogen and oxygen atoms in total. The SMILES string of the molecule is COc1ccc(CNC(=N)NCCNC(=O)C(Cc2c[nH]c3ccccc23)NC(=O)c2cc(Br)ccc2-c2c(C(N)=O)ccc3ccccc23)c(OC)c1. The zero-order chi connectivity index (χ0) is 38.2. The quantitative estimate of drug-likeness (QED) is 0.0424. The van der Waals surface area contributed by atoms with Crippen molar-refractivity contribution in [2.45, 2.75) is 19.0 Å². The van der Waals surface area contributed by atoms with Crippen LogP contribution >= 0.6 is 15.9 Å². The molecule has 0 aliphatic rings. The third-order valence-electron chi connectivity index (χ3n) is 9.09. The molecule has 1 aromatic heterocycles. The molecule has 0 spiro atoms. The number of guanidine groups is 1. The van der Waals surface area contributed by atoms with E-state index in [1.54, 1.807) is 44.6 Å². The van der Waals surface area contributed by atoms with Crippen LogP contribution in [0.4, 0.5) is 0 Å². The van der Waals surface area contributed by atoms with E-state index in [2.05, 4.69) is 42.2 Å². The average Bonchev–Trinajstić information content (AvgIpc) is 3.60. The largest absolute Gasteiger partial charge is 0.497 e. The maximum atomic E-state index is 14.3. The van der Waals surface area contributed by atoms with Crippen molar-refractivity contribution in [2.24, 2.45) is 5.73 Å². The van der Waals surface area contributed by atoms with Gasteiger partial charge in [-0.1, -0.05) is 70.5 Å². The average molecular weight is 791 g/mol. The lowest BCUT2D eigenvalue weighted by Crippen LogP contribution is -2.50. The molecule has 0 bridgehead atoms. The van der Waals surface area contributed by atoms with Crippen molar-refractivity contribution in [3.05, 3.63) is 130 Å². The lowest BCUT2D eigenvalue weighted by Gasteiger charge is -2.21. The number of carbonyl (C=O) groups excluding carboxylic acids is 3. The Morgan fingerprint density at radius 1 is 0.815 bits per heavy atom. The number of aromatic amines is 1. The molecule has 5 aromatic carbocycles. The van der Waals surface area contributed by atoms with Gasteiger partial charge in [0.25, 0.3) is 5.91 Å². The van der Waals surface area contributed by atoms with Crippen LogP contribution in [0.5, 0.6) is 11.5 Å². The summed E-state index contributed by atoms with van der Waals surface area (Å²) in [6, 6.07) is 28.5. The van der Waals surface area contributed by atoms with Crippen LogP contribution in [0.2, 0.25) is 0 Å². The van der Waals surface area contributed by atoms with E-state index in [1.165, 1.54) is 0 Å². The van der Waals surface area contributed by atoms with Crippen molar-refractivity contribution in [3.63, 3.8) is 0 Å². The first-order chi connectivity index (χ1) is 26.2. The molecule has 0 radical (unpaired) electrons. The van der Waals surface area contributed by atoms with Crippen molar-refractivity contribution < 1.29 is 23.9 Å². The number of amides is 3. The van der Waals surface area contributed by atoms with Crippen molar-refractivity contribution in [2.75, 3.05) is 27.3 Å². The number of halogens is 1. The summed E-state index contributed by atoms with van der Waals surface area (Å²) in [6.45, 7) is 0.758. The molecule has 13 heteroatoms. The molecule has 0 aliphatic carbocycles. The zero-order valence-corrected chi connectivity index (χ0v) is 31.3. The number of hydrogen-bond donors (Lipinski definition) is 7. The van der Waals surface area contributed by atoms with Crippen LogP contribution < -0.4 is 36.5 Å². The number of hydrogen-bond acceptors (Lipinski definition) is 6. The van der Waals surface area contributed by atoms with E-state index in [9.17, 15) is 14.4 Å². The van der Waals surface area contributed by atoms with E-state index < -0.39 is 23.8 Å². The van der Waals surface area contributed by atoms with Crippen LogP contribution in [0.1, 0.15) is 31.8 Å². The summed E-state index contributed by atoms with van der Waals surface area (Å²) in [5, 5.41) is 22.7. The highest BCUT2D eigenvalue weighted by Gasteiger charge is 2.26. The van der Waals surface area contributed by atoms with Gasteiger partial charge in [-0.05, 0) is 58.3 Å². The number of para-hydroxylation sites is 1. The standard InChI is InChI=1S/C41H40BrN7O5/c1-53-28-14-11-25(36(21-28)54-2)22-48-41(44)46-18-17-45-40(52)35(19-26-23-47-34-10-6-5-8-29(26)34)49-39(51)33-20-27(42)13-16-31(33)37-30-9-4-3-7-24(30)12-15-32(37)38(43)50/h3-16,20-21,23,35,47H,17-19,22H2,1-2H3,(H2,43,50)(H,45,52)(H,49,51)(H3,44,46,48). The van der Waals surface area contributed by atoms with Crippen LogP contribution in [0.15, 0.2) is 108 Å². The number of benzene rings is 5. The third kappa shape index (κ3) is 8.48. The van der Waals surface area contributed by atoms with Gasteiger partial charge in [-0.3, -0.25) is 19.8 Å². The zero-order valence-electron chi connectivity index (χ0n) is 29.7. The van der Waals surface area contributed by atoms with E-state index in [0.29, 0.717) is 33.6 Å². The van der Waals surface area contributed by atoms with E-state index in [-0.39, 0.29) is 36.6 Å². The number of ether oxygens (including phenoxy) is 2. The minimum absolute atomic E-state index is 0.0664. The minimum Gasteiger partial charge on any atom is -0.497 e. The highest BCUT2D eigenvalue weighted by Crippen LogP contribution is 2.36. The van der Waals surface area contributed by atoms with Gasteiger partial charge >= 0.3 is 0 Å². The van der Waals surface area contributed by atoms with Gasteiger partial charge in [-0.15, -0.1) is 0 Å². The Hall–Kier alpha value is -6.34. The highest BCUT2D eigenvalue weighted by molar-refractivity contribution is 9.10. The molecule has 3 amide bonds. The summed E-state index contributed by atoms with van der Waals surface area (Å²) >= 11 is 3.50. The number of nitrogens with two attached hydrogens (primary N) is 1. The lowest BCUT2D eigenvalue weighted by molar-refractivity contribution is -0.122. The molecule has 0 saturated heterocycles. The molecule has 6 aromatic rings. The normalized spacial score (nSPS) is 11.5. The molecule has 54 heavy (non-hydrogen) atoms. The van der Waals surface area contributed by atoms with Gasteiger partial charge in [-0.25, -0.2) is 0 Å². The molecule has 0 aliphatic heterocycles. The Bertz CT molecular complexity index is 2360. The van der Waals surface area contributed by atoms with Crippen LogP contribution in [-0.4, -0.2) is 62.0 Å². The van der Waals surface area contributed by atoms with Crippen LogP contribution in [0.25, 0.3) is 32.8 Å². The topological polar surface area (TPSA) is 183 Å². The first-order valence-electron chi connectivity index (χ1n) is 17.2. The summed E-state index contributed by atoms with van der Waals surface area (Å²) < 4.78 is 11.3. The van der Waals surface area contributed by atoms with Gasteiger partial charge in [0.1, 0.15) is 17.5 Å². The van der Waals surface area contributed by atoms with Gasteiger partial charge in [-0.2, -0.15) is 0 Å². The van der Waals surface area contributed by atoms with Gasteiger partial charge in [0.2, 0.25) is 11.8 Å². The summed E-state index contributed by atoms with van der Waals surface area (Å²) in [5.41, 5.74) is 10.0. The predicted octanol–water partition coefficient (Wildman–Crippen LogP) is 5.64. The first-order valence-corrected chi connectivity index (χ1v) is 18.0. The third-order valence-corrected chi connectivity index (χ3v) is 9.58. The highest BCUT2D eigenvalue weighted by atomic mass is 79.9. The van der Waals surface area contributed by atoms with E-state index in [4.69, 9.17) is 20.6 Å². The Balaban J connectivity index is 1.20. The number of carbonyl (C=O) groups is 3. The van der Waals surface area contributed by atoms with E-state index in [0.717, 1.165) is 32.8 Å². The second kappa shape index (κ2) is 17.0. The van der Waals surface area contributed by atoms with Crippen LogP contribution in [0.3, 0.4) is 0 Å². The number of methoxy groups -OCH3 is 2. The fourth-order valence-electron chi connectivity index (χ4n) is 6.40. The maximum absolute atomic E-state index is 14.3. The van der Waals surface area contributed by atoms with Crippen LogP contribution in [-0.2, 0) is 17.8 Å². The fourth-order valence-corrected chi connectivity index (χ4v) is 6.76. The lowest BCUT2D eigenvalue weighted by atomic mass is 9.89. The molecular weight excluding hydrogens is 750 g/mol. The maximum Gasteiger partial charge on any atom is 0.252 e. The molecule has 1 atom stereocenters. The second-order valence-corrected chi connectivity index (χ2v) is 13.4. The Morgan fingerprint density at radius 2 is 1.57 bits per heavy atom. The number of primary amides is 1. The summed E-state index contributed by atoms with van der Waals surface area (Å²) in [4.78, 5) is 44.1. The molecule has 0 saturated carbocycles. The Morgan fingerprint density at radius 3 is 2.35 bits per heavy atom. The first kappa shape index (κ1) is 37.4. The molecule has 276 valence electrons. The van der Waals surface area contributed by atoms with Gasteiger partial charge in [0.15, 0.2) is 5.96 Å². The minimum atomic E-state index is -0.980. The molecule has 1 unspecified atom stereocenters. The number of aromatic nitrogens is 1.